The summed E-state index contributed by atoms with van der Waals surface area (Å²) in [6, 6.07) is 11.1. The van der Waals surface area contributed by atoms with Gasteiger partial charge < -0.3 is 25.0 Å². The molecule has 2 heterocycles. The number of carbonyl (C=O) groups excluding carboxylic acids is 1. The number of amides is 1. The van der Waals surface area contributed by atoms with Gasteiger partial charge in [0.25, 0.3) is 0 Å². The highest BCUT2D eigenvalue weighted by Gasteiger charge is 2.58. The number of benzene rings is 2. The Balaban J connectivity index is 1.74. The molecule has 0 aliphatic carbocycles. The van der Waals surface area contributed by atoms with Crippen LogP contribution >= 0.6 is 23.8 Å². The summed E-state index contributed by atoms with van der Waals surface area (Å²) in [7, 11) is 1.67. The number of nitrogens with zero attached hydrogens (tertiary/aromatic N) is 1. The van der Waals surface area contributed by atoms with Crippen LogP contribution in [0.2, 0.25) is 5.02 Å². The number of carbonyl (C=O) groups is 1. The lowest BCUT2D eigenvalue weighted by Crippen LogP contribution is -2.71. The van der Waals surface area contributed by atoms with E-state index in [4.69, 9.17) is 33.3 Å². The van der Waals surface area contributed by atoms with Crippen LogP contribution in [-0.2, 0) is 9.53 Å². The van der Waals surface area contributed by atoms with Gasteiger partial charge >= 0.3 is 0 Å². The van der Waals surface area contributed by atoms with Crippen LogP contribution in [0.15, 0.2) is 36.4 Å². The predicted molar refractivity (Wildman–Crippen MR) is 130 cm³/mol. The van der Waals surface area contributed by atoms with Gasteiger partial charge in [-0.3, -0.25) is 4.79 Å². The second-order valence-electron chi connectivity index (χ2n) is 8.55. The number of fused-ring (bicyclic) bond motifs is 4. The van der Waals surface area contributed by atoms with Crippen LogP contribution < -0.4 is 15.4 Å². The fourth-order valence-corrected chi connectivity index (χ4v) is 5.26. The summed E-state index contributed by atoms with van der Waals surface area (Å²) in [6.07, 6.45) is 0.751. The zero-order valence-electron chi connectivity index (χ0n) is 18.7. The van der Waals surface area contributed by atoms with E-state index in [-0.39, 0.29) is 11.9 Å². The third-order valence-corrected chi connectivity index (χ3v) is 6.82. The Morgan fingerprint density at radius 2 is 2.09 bits per heavy atom. The van der Waals surface area contributed by atoms with E-state index in [1.165, 1.54) is 0 Å². The topological polar surface area (TPSA) is 62.8 Å². The Morgan fingerprint density at radius 1 is 1.31 bits per heavy atom. The van der Waals surface area contributed by atoms with Crippen molar-refractivity contribution in [1.29, 1.82) is 0 Å². The number of nitrogens with one attached hydrogen (secondary N) is 2. The lowest BCUT2D eigenvalue weighted by atomic mass is 9.78. The van der Waals surface area contributed by atoms with Gasteiger partial charge in [0.2, 0.25) is 5.91 Å². The second-order valence-corrected chi connectivity index (χ2v) is 9.37. The van der Waals surface area contributed by atoms with Crippen LogP contribution in [0.5, 0.6) is 5.75 Å². The van der Waals surface area contributed by atoms with Crippen LogP contribution in [0.25, 0.3) is 0 Å². The first kappa shape index (κ1) is 22.8. The van der Waals surface area contributed by atoms with E-state index in [1.54, 1.807) is 13.2 Å². The summed E-state index contributed by atoms with van der Waals surface area (Å²) in [5, 5.41) is 7.65. The maximum absolute atomic E-state index is 13.7. The number of halogens is 1. The van der Waals surface area contributed by atoms with Crippen molar-refractivity contribution in [1.82, 2.24) is 10.2 Å². The van der Waals surface area contributed by atoms with Crippen LogP contribution in [0.4, 0.5) is 5.69 Å². The first-order chi connectivity index (χ1) is 15.2. The molecule has 32 heavy (non-hydrogen) atoms. The monoisotopic (exact) mass is 473 g/mol. The number of ether oxygens (including phenoxy) is 2. The molecule has 1 fully saturated rings. The van der Waals surface area contributed by atoms with Gasteiger partial charge in [-0.1, -0.05) is 29.3 Å². The molecule has 0 radical (unpaired) electrons. The zero-order chi connectivity index (χ0) is 23.0. The van der Waals surface area contributed by atoms with Crippen LogP contribution in [0, 0.1) is 19.8 Å². The minimum Gasteiger partial charge on any atom is -0.467 e. The van der Waals surface area contributed by atoms with Crippen molar-refractivity contribution in [2.45, 2.75) is 39.0 Å². The minimum atomic E-state index is -0.968. The minimum absolute atomic E-state index is 0.137. The average Bonchev–Trinajstić information content (AvgIpc) is 2.73. The molecule has 2 N–H and O–H groups in total. The lowest BCUT2D eigenvalue weighted by Gasteiger charge is -2.56. The van der Waals surface area contributed by atoms with E-state index < -0.39 is 11.6 Å². The fourth-order valence-electron chi connectivity index (χ4n) is 4.68. The van der Waals surface area contributed by atoms with Crippen molar-refractivity contribution < 1.29 is 14.3 Å². The van der Waals surface area contributed by atoms with Crippen LogP contribution in [0.3, 0.4) is 0 Å². The summed E-state index contributed by atoms with van der Waals surface area (Å²) in [5.41, 5.74) is 2.80. The average molecular weight is 474 g/mol. The van der Waals surface area contributed by atoms with Gasteiger partial charge in [0.05, 0.1) is 6.04 Å². The van der Waals surface area contributed by atoms with Gasteiger partial charge in [0, 0.05) is 36.5 Å². The highest BCUT2D eigenvalue weighted by molar-refractivity contribution is 7.80. The molecule has 3 unspecified atom stereocenters. The van der Waals surface area contributed by atoms with Crippen molar-refractivity contribution in [2.24, 2.45) is 5.92 Å². The fraction of sp³-hybridized carbons (Fsp3) is 0.417. The zero-order valence-corrected chi connectivity index (χ0v) is 20.3. The summed E-state index contributed by atoms with van der Waals surface area (Å²) in [6.45, 7) is 7.14. The summed E-state index contributed by atoms with van der Waals surface area (Å²) in [5.74, 6) is -0.00515. The van der Waals surface area contributed by atoms with Crippen molar-refractivity contribution in [3.05, 3.63) is 58.1 Å². The standard InChI is InChI=1S/C24H28ClN3O3S/c1-14-6-8-18(15(2)12-14)26-22(29)20-21-17-13-16(25)7-9-19(17)31-24(20,3)28(23(32)27-21)10-5-11-30-4/h6-9,12-13,20-21H,5,10-11H2,1-4H3,(H,26,29)(H,27,32). The molecule has 2 bridgehead atoms. The second kappa shape index (κ2) is 8.89. The number of hydrogen-bond donors (Lipinski definition) is 2. The summed E-state index contributed by atoms with van der Waals surface area (Å²) in [4.78, 5) is 15.7. The van der Waals surface area contributed by atoms with E-state index in [0.29, 0.717) is 29.0 Å². The summed E-state index contributed by atoms with van der Waals surface area (Å²) >= 11 is 12.0. The lowest BCUT2D eigenvalue weighted by molar-refractivity contribution is -0.149. The van der Waals surface area contributed by atoms with Gasteiger partial charge in [-0.15, -0.1) is 0 Å². The van der Waals surface area contributed by atoms with Crippen LogP contribution in [-0.4, -0.2) is 41.9 Å². The maximum atomic E-state index is 13.7. The molecule has 4 rings (SSSR count). The molecule has 0 aromatic heterocycles. The van der Waals surface area contributed by atoms with E-state index in [2.05, 4.69) is 16.7 Å². The molecule has 0 spiro atoms. The Labute approximate surface area is 199 Å². The predicted octanol–water partition coefficient (Wildman–Crippen LogP) is 4.59. The van der Waals surface area contributed by atoms with Crippen molar-refractivity contribution >= 4 is 40.5 Å². The molecule has 2 aromatic rings. The Hall–Kier alpha value is -2.35. The smallest absolute Gasteiger partial charge is 0.236 e. The number of anilines is 1. The van der Waals surface area contributed by atoms with Crippen molar-refractivity contribution in [3.8, 4) is 5.75 Å². The normalized spacial score (nSPS) is 23.8. The Kier molecular flexibility index (Phi) is 6.34. The van der Waals surface area contributed by atoms with Gasteiger partial charge in [-0.05, 0) is 69.2 Å². The highest BCUT2D eigenvalue weighted by atomic mass is 35.5. The molecular formula is C24H28ClN3O3S. The number of aryl methyl sites for hydroxylation is 2. The third kappa shape index (κ3) is 4.05. The largest absolute Gasteiger partial charge is 0.467 e. The molecule has 170 valence electrons. The van der Waals surface area contributed by atoms with E-state index in [9.17, 15) is 4.79 Å². The van der Waals surface area contributed by atoms with E-state index >= 15 is 0 Å². The van der Waals surface area contributed by atoms with Gasteiger partial charge in [-0.25, -0.2) is 0 Å². The molecule has 2 aromatic carbocycles. The van der Waals surface area contributed by atoms with E-state index in [0.717, 1.165) is 28.8 Å². The molecule has 2 aliphatic rings. The first-order valence-corrected chi connectivity index (χ1v) is 11.5. The molecule has 0 saturated carbocycles. The number of thiocarbonyl (C=S) groups is 1. The van der Waals surface area contributed by atoms with E-state index in [1.807, 2.05) is 49.9 Å². The van der Waals surface area contributed by atoms with Crippen molar-refractivity contribution in [3.63, 3.8) is 0 Å². The van der Waals surface area contributed by atoms with Crippen molar-refractivity contribution in [2.75, 3.05) is 25.6 Å². The molecule has 1 saturated heterocycles. The molecule has 8 heteroatoms. The SMILES string of the molecule is COCCCN1C(=S)NC2c3cc(Cl)ccc3OC1(C)C2C(=O)Nc1ccc(C)cc1C. The number of rotatable bonds is 6. The maximum Gasteiger partial charge on any atom is 0.236 e. The third-order valence-electron chi connectivity index (χ3n) is 6.25. The van der Waals surface area contributed by atoms with Gasteiger partial charge in [0.15, 0.2) is 10.8 Å². The summed E-state index contributed by atoms with van der Waals surface area (Å²) < 4.78 is 11.7. The molecular weight excluding hydrogens is 446 g/mol. The Bertz CT molecular complexity index is 1060. The number of hydrogen-bond acceptors (Lipinski definition) is 4. The van der Waals surface area contributed by atoms with Crippen LogP contribution in [0.1, 0.15) is 36.1 Å². The Morgan fingerprint density at radius 3 is 2.81 bits per heavy atom. The number of methoxy groups -OCH3 is 1. The molecule has 2 aliphatic heterocycles. The molecule has 3 atom stereocenters. The quantitative estimate of drug-likeness (QED) is 0.472. The first-order valence-electron chi connectivity index (χ1n) is 10.7. The molecule has 1 amide bonds. The van der Waals surface area contributed by atoms with Gasteiger partial charge in [-0.2, -0.15) is 0 Å². The highest BCUT2D eigenvalue weighted by Crippen LogP contribution is 2.49. The molecule has 6 nitrogen and oxygen atoms in total. The van der Waals surface area contributed by atoms with Gasteiger partial charge in [0.1, 0.15) is 11.7 Å².